The van der Waals surface area contributed by atoms with Gasteiger partial charge in [0.15, 0.2) is 5.96 Å². The Morgan fingerprint density at radius 2 is 1.93 bits per heavy atom. The fraction of sp³-hybridized carbons (Fsp3) is 0.524. The van der Waals surface area contributed by atoms with Crippen molar-refractivity contribution < 1.29 is 0 Å². The highest BCUT2D eigenvalue weighted by atomic mass is 127. The first kappa shape index (κ1) is 23.1. The van der Waals surface area contributed by atoms with E-state index in [4.69, 9.17) is 4.99 Å². The number of hydrogen-bond donors (Lipinski definition) is 2. The third-order valence-corrected chi connectivity index (χ3v) is 5.92. The smallest absolute Gasteiger partial charge is 0.191 e. The van der Waals surface area contributed by atoms with Crippen LogP contribution in [0, 0.1) is 0 Å². The minimum Gasteiger partial charge on any atom is -0.357 e. The maximum atomic E-state index is 4.74. The SMILES string of the molecule is CCNC(=NCc1csc(CC)n1)NCC(c1ccccc1)N1CCCC1.I. The van der Waals surface area contributed by atoms with Crippen LogP contribution in [0.4, 0.5) is 0 Å². The van der Waals surface area contributed by atoms with E-state index in [1.165, 1.54) is 36.5 Å². The summed E-state index contributed by atoms with van der Waals surface area (Å²) in [5.74, 6) is 0.865. The van der Waals surface area contributed by atoms with Crippen molar-refractivity contribution in [3.63, 3.8) is 0 Å². The van der Waals surface area contributed by atoms with Gasteiger partial charge in [0, 0.05) is 18.5 Å². The molecule has 2 N–H and O–H groups in total. The van der Waals surface area contributed by atoms with Crippen molar-refractivity contribution in [2.45, 2.75) is 45.7 Å². The van der Waals surface area contributed by atoms with Crippen molar-refractivity contribution in [1.82, 2.24) is 20.5 Å². The van der Waals surface area contributed by atoms with Gasteiger partial charge in [0.2, 0.25) is 0 Å². The molecule has 0 saturated carbocycles. The summed E-state index contributed by atoms with van der Waals surface area (Å²) in [7, 11) is 0. The van der Waals surface area contributed by atoms with E-state index in [1.807, 2.05) is 0 Å². The lowest BCUT2D eigenvalue weighted by molar-refractivity contribution is 0.245. The number of benzene rings is 1. The van der Waals surface area contributed by atoms with Gasteiger partial charge in [-0.2, -0.15) is 0 Å². The number of aryl methyl sites for hydroxylation is 1. The van der Waals surface area contributed by atoms with Crippen molar-refractivity contribution in [2.24, 2.45) is 4.99 Å². The van der Waals surface area contributed by atoms with Crippen LogP contribution in [-0.4, -0.2) is 42.0 Å². The van der Waals surface area contributed by atoms with Gasteiger partial charge in [-0.1, -0.05) is 37.3 Å². The Morgan fingerprint density at radius 3 is 2.57 bits per heavy atom. The number of thiazole rings is 1. The van der Waals surface area contributed by atoms with Gasteiger partial charge in [-0.3, -0.25) is 4.90 Å². The average Bonchev–Trinajstić information content (AvgIpc) is 3.39. The summed E-state index contributed by atoms with van der Waals surface area (Å²) in [4.78, 5) is 11.9. The molecule has 0 amide bonds. The molecule has 1 aliphatic rings. The molecule has 1 aliphatic heterocycles. The van der Waals surface area contributed by atoms with Crippen LogP contribution < -0.4 is 10.6 Å². The van der Waals surface area contributed by atoms with Crippen LogP contribution >= 0.6 is 35.3 Å². The third-order valence-electron chi connectivity index (χ3n) is 4.87. The van der Waals surface area contributed by atoms with E-state index in [9.17, 15) is 0 Å². The first-order chi connectivity index (χ1) is 13.3. The van der Waals surface area contributed by atoms with Crippen LogP contribution in [0.3, 0.4) is 0 Å². The zero-order chi connectivity index (χ0) is 18.9. The van der Waals surface area contributed by atoms with Crippen LogP contribution in [0.1, 0.15) is 49.0 Å². The van der Waals surface area contributed by atoms with Crippen LogP contribution in [0.2, 0.25) is 0 Å². The van der Waals surface area contributed by atoms with Crippen molar-refractivity contribution in [3.05, 3.63) is 52.0 Å². The first-order valence-corrected chi connectivity index (χ1v) is 10.9. The largest absolute Gasteiger partial charge is 0.357 e. The summed E-state index contributed by atoms with van der Waals surface area (Å²) >= 11 is 1.72. The molecule has 0 radical (unpaired) electrons. The van der Waals surface area contributed by atoms with E-state index in [1.54, 1.807) is 11.3 Å². The molecule has 0 spiro atoms. The standard InChI is InChI=1S/C21H31N5S.HI/c1-3-20-25-18(16-27-20)14-23-21(22-4-2)24-15-19(26-12-8-9-13-26)17-10-6-5-7-11-17;/h5-7,10-11,16,19H,3-4,8-9,12-15H2,1-2H3,(H2,22,23,24);1H. The molecular weight excluding hydrogens is 481 g/mol. The zero-order valence-corrected chi connectivity index (χ0v) is 20.0. The van der Waals surface area contributed by atoms with E-state index in [-0.39, 0.29) is 24.0 Å². The van der Waals surface area contributed by atoms with Crippen LogP contribution in [0.15, 0.2) is 40.7 Å². The summed E-state index contributed by atoms with van der Waals surface area (Å²) in [6.07, 6.45) is 3.57. The lowest BCUT2D eigenvalue weighted by Crippen LogP contribution is -2.42. The Hall–Kier alpha value is -1.19. The maximum Gasteiger partial charge on any atom is 0.191 e. The summed E-state index contributed by atoms with van der Waals surface area (Å²) < 4.78 is 0. The third kappa shape index (κ3) is 6.70. The minimum atomic E-state index is 0. The summed E-state index contributed by atoms with van der Waals surface area (Å²) in [5, 5.41) is 10.2. The molecule has 1 saturated heterocycles. The second-order valence-corrected chi connectivity index (χ2v) is 7.77. The molecule has 1 atom stereocenters. The monoisotopic (exact) mass is 513 g/mol. The number of nitrogens with one attached hydrogen (secondary N) is 2. The van der Waals surface area contributed by atoms with Crippen molar-refractivity contribution in [3.8, 4) is 0 Å². The highest BCUT2D eigenvalue weighted by molar-refractivity contribution is 14.0. The Kier molecular flexibility index (Phi) is 10.2. The summed E-state index contributed by atoms with van der Waals surface area (Å²) in [5.41, 5.74) is 2.42. The second kappa shape index (κ2) is 12.4. The molecule has 0 bridgehead atoms. The lowest BCUT2D eigenvalue weighted by Gasteiger charge is -2.29. The van der Waals surface area contributed by atoms with Gasteiger partial charge in [0.1, 0.15) is 0 Å². The van der Waals surface area contributed by atoms with Gasteiger partial charge in [-0.15, -0.1) is 35.3 Å². The Morgan fingerprint density at radius 1 is 1.18 bits per heavy atom. The molecular formula is C21H32IN5S. The molecule has 28 heavy (non-hydrogen) atoms. The number of rotatable bonds is 8. The fourth-order valence-corrected chi connectivity index (χ4v) is 4.20. The highest BCUT2D eigenvalue weighted by Gasteiger charge is 2.23. The van der Waals surface area contributed by atoms with E-state index in [0.717, 1.165) is 31.2 Å². The molecule has 5 nitrogen and oxygen atoms in total. The molecule has 1 fully saturated rings. The topological polar surface area (TPSA) is 52.6 Å². The quantitative estimate of drug-likeness (QED) is 0.316. The summed E-state index contributed by atoms with van der Waals surface area (Å²) in [6, 6.07) is 11.2. The first-order valence-electron chi connectivity index (χ1n) is 10.0. The molecule has 0 aliphatic carbocycles. The highest BCUT2D eigenvalue weighted by Crippen LogP contribution is 2.24. The number of aromatic nitrogens is 1. The predicted molar refractivity (Wildman–Crippen MR) is 130 cm³/mol. The van der Waals surface area contributed by atoms with Gasteiger partial charge in [0.05, 0.1) is 23.3 Å². The fourth-order valence-electron chi connectivity index (χ4n) is 3.47. The summed E-state index contributed by atoms with van der Waals surface area (Å²) in [6.45, 7) is 8.91. The van der Waals surface area contributed by atoms with Crippen molar-refractivity contribution in [2.75, 3.05) is 26.2 Å². The van der Waals surface area contributed by atoms with Gasteiger partial charge < -0.3 is 10.6 Å². The number of halogens is 1. The van der Waals surface area contributed by atoms with E-state index in [2.05, 4.69) is 70.1 Å². The molecule has 1 unspecified atom stereocenters. The number of hydrogen-bond acceptors (Lipinski definition) is 4. The molecule has 154 valence electrons. The minimum absolute atomic E-state index is 0. The average molecular weight is 513 g/mol. The van der Waals surface area contributed by atoms with E-state index >= 15 is 0 Å². The van der Waals surface area contributed by atoms with Crippen LogP contribution in [-0.2, 0) is 13.0 Å². The maximum absolute atomic E-state index is 4.74. The molecule has 2 heterocycles. The Balaban J connectivity index is 0.00000280. The van der Waals surface area contributed by atoms with Crippen molar-refractivity contribution in [1.29, 1.82) is 0 Å². The molecule has 1 aromatic carbocycles. The van der Waals surface area contributed by atoms with Gasteiger partial charge in [-0.05, 0) is 44.8 Å². The normalized spacial score (nSPS) is 15.9. The zero-order valence-electron chi connectivity index (χ0n) is 16.9. The van der Waals surface area contributed by atoms with Gasteiger partial charge in [0.25, 0.3) is 0 Å². The second-order valence-electron chi connectivity index (χ2n) is 6.83. The Labute approximate surface area is 190 Å². The number of nitrogens with zero attached hydrogens (tertiary/aromatic N) is 3. The predicted octanol–water partition coefficient (Wildman–Crippen LogP) is 4.22. The van der Waals surface area contributed by atoms with Crippen LogP contribution in [0.5, 0.6) is 0 Å². The van der Waals surface area contributed by atoms with Crippen LogP contribution in [0.25, 0.3) is 0 Å². The van der Waals surface area contributed by atoms with Gasteiger partial charge in [-0.25, -0.2) is 9.98 Å². The number of likely N-dealkylation sites (tertiary alicyclic amines) is 1. The number of guanidine groups is 1. The van der Waals surface area contributed by atoms with E-state index < -0.39 is 0 Å². The van der Waals surface area contributed by atoms with E-state index in [0.29, 0.717) is 12.6 Å². The number of aliphatic imine (C=N–C) groups is 1. The Bertz CT molecular complexity index is 713. The molecule has 3 rings (SSSR count). The molecule has 2 aromatic rings. The lowest BCUT2D eigenvalue weighted by atomic mass is 10.1. The van der Waals surface area contributed by atoms with Gasteiger partial charge >= 0.3 is 0 Å². The molecule has 1 aromatic heterocycles. The molecule has 7 heteroatoms. The van der Waals surface area contributed by atoms with Crippen molar-refractivity contribution >= 4 is 41.3 Å².